The van der Waals surface area contributed by atoms with Gasteiger partial charge in [-0.15, -0.1) is 11.3 Å². The third kappa shape index (κ3) is 5.58. The average molecular weight is 305 g/mol. The van der Waals surface area contributed by atoms with Crippen molar-refractivity contribution in [3.63, 3.8) is 0 Å². The highest BCUT2D eigenvalue weighted by Gasteiger charge is 2.19. The highest BCUT2D eigenvalue weighted by Crippen LogP contribution is 2.20. The Morgan fingerprint density at radius 1 is 1.42 bits per heavy atom. The maximum atomic E-state index is 12.2. The maximum absolute atomic E-state index is 12.2. The van der Waals surface area contributed by atoms with E-state index >= 15 is 0 Å². The summed E-state index contributed by atoms with van der Waals surface area (Å²) < 4.78 is 27.4. The largest absolute Gasteiger partial charge is 0.313 e. The number of nitrogens with one attached hydrogen (secondary N) is 2. The van der Waals surface area contributed by atoms with E-state index in [-0.39, 0.29) is 6.04 Å². The lowest BCUT2D eigenvalue weighted by molar-refractivity contribution is 0.370. The van der Waals surface area contributed by atoms with E-state index in [1.165, 1.54) is 11.3 Å². The zero-order valence-corrected chi connectivity index (χ0v) is 13.6. The van der Waals surface area contributed by atoms with Crippen molar-refractivity contribution in [2.24, 2.45) is 0 Å². The van der Waals surface area contributed by atoms with Crippen LogP contribution in [0.15, 0.2) is 15.7 Å². The Kier molecular flexibility index (Phi) is 6.41. The van der Waals surface area contributed by atoms with Crippen molar-refractivity contribution in [3.8, 4) is 0 Å². The summed E-state index contributed by atoms with van der Waals surface area (Å²) in [5, 5.41) is 5.06. The summed E-state index contributed by atoms with van der Waals surface area (Å²) in [6.45, 7) is 6.14. The van der Waals surface area contributed by atoms with Crippen LogP contribution in [0.2, 0.25) is 0 Å². The third-order valence-electron chi connectivity index (χ3n) is 2.47. The van der Waals surface area contributed by atoms with Gasteiger partial charge in [-0.25, -0.2) is 13.1 Å². The van der Waals surface area contributed by atoms with Crippen LogP contribution >= 0.6 is 11.3 Å². The van der Waals surface area contributed by atoms with Crippen LogP contribution in [0, 0.1) is 0 Å². The minimum Gasteiger partial charge on any atom is -0.313 e. The van der Waals surface area contributed by atoms with E-state index < -0.39 is 10.0 Å². The van der Waals surface area contributed by atoms with Gasteiger partial charge in [0.1, 0.15) is 4.21 Å². The smallest absolute Gasteiger partial charge is 0.250 e. The molecule has 19 heavy (non-hydrogen) atoms. The second-order valence-electron chi connectivity index (χ2n) is 4.84. The molecule has 0 bridgehead atoms. The number of likely N-dealkylation sites (N-methyl/N-ethyl adjacent to an activating group) is 1. The zero-order chi connectivity index (χ0) is 14.5. The van der Waals surface area contributed by atoms with Crippen LogP contribution in [-0.2, 0) is 16.6 Å². The van der Waals surface area contributed by atoms with Gasteiger partial charge in [-0.05, 0) is 44.6 Å². The van der Waals surface area contributed by atoms with E-state index in [0.29, 0.717) is 17.3 Å². The van der Waals surface area contributed by atoms with Crippen molar-refractivity contribution in [2.75, 3.05) is 27.2 Å². The first-order valence-corrected chi connectivity index (χ1v) is 8.66. The van der Waals surface area contributed by atoms with Gasteiger partial charge in [-0.1, -0.05) is 6.92 Å². The van der Waals surface area contributed by atoms with Crippen LogP contribution in [0.3, 0.4) is 0 Å². The standard InChI is InChI=1S/C12H23N3O2S2/c1-5-13-7-11-6-12(18-9-11)19(16,17)14-10(2)8-15(3)4/h6,9-10,13-14H,5,7-8H2,1-4H3. The van der Waals surface area contributed by atoms with Gasteiger partial charge in [-0.2, -0.15) is 0 Å². The molecule has 1 atom stereocenters. The first kappa shape index (κ1) is 16.6. The lowest BCUT2D eigenvalue weighted by Gasteiger charge is -2.17. The molecule has 1 aromatic rings. The number of sulfonamides is 1. The first-order chi connectivity index (χ1) is 8.85. The molecule has 0 saturated carbocycles. The Morgan fingerprint density at radius 2 is 2.11 bits per heavy atom. The molecule has 1 unspecified atom stereocenters. The molecule has 0 amide bonds. The van der Waals surface area contributed by atoms with Gasteiger partial charge in [0, 0.05) is 19.1 Å². The summed E-state index contributed by atoms with van der Waals surface area (Å²) in [4.78, 5) is 1.96. The minimum absolute atomic E-state index is 0.112. The van der Waals surface area contributed by atoms with Gasteiger partial charge in [0.2, 0.25) is 10.0 Å². The predicted molar refractivity (Wildman–Crippen MR) is 80.0 cm³/mol. The molecule has 7 heteroatoms. The van der Waals surface area contributed by atoms with Crippen LogP contribution in [0.5, 0.6) is 0 Å². The lowest BCUT2D eigenvalue weighted by Crippen LogP contribution is -2.39. The van der Waals surface area contributed by atoms with Crippen molar-refractivity contribution in [3.05, 3.63) is 17.0 Å². The van der Waals surface area contributed by atoms with Gasteiger partial charge in [-0.3, -0.25) is 0 Å². The number of hydrogen-bond acceptors (Lipinski definition) is 5. The van der Waals surface area contributed by atoms with E-state index in [4.69, 9.17) is 0 Å². The Morgan fingerprint density at radius 3 is 2.68 bits per heavy atom. The normalized spacial score (nSPS) is 13.9. The molecule has 0 aliphatic rings. The summed E-state index contributed by atoms with van der Waals surface area (Å²) in [7, 11) is 0.447. The van der Waals surface area contributed by atoms with Crippen LogP contribution in [0.25, 0.3) is 0 Å². The summed E-state index contributed by atoms with van der Waals surface area (Å²) in [5.41, 5.74) is 1.01. The molecule has 1 aromatic heterocycles. The molecule has 0 aliphatic carbocycles. The molecular formula is C12H23N3O2S2. The molecule has 1 heterocycles. The molecule has 0 aromatic carbocycles. The molecule has 0 spiro atoms. The predicted octanol–water partition coefficient (Wildman–Crippen LogP) is 1.09. The highest BCUT2D eigenvalue weighted by molar-refractivity contribution is 7.91. The van der Waals surface area contributed by atoms with Crippen molar-refractivity contribution in [2.45, 2.75) is 30.6 Å². The quantitative estimate of drug-likeness (QED) is 0.755. The topological polar surface area (TPSA) is 61.4 Å². The van der Waals surface area contributed by atoms with E-state index in [0.717, 1.165) is 12.1 Å². The van der Waals surface area contributed by atoms with Gasteiger partial charge in [0.25, 0.3) is 0 Å². The fraction of sp³-hybridized carbons (Fsp3) is 0.667. The van der Waals surface area contributed by atoms with Gasteiger partial charge in [0.05, 0.1) is 0 Å². The second kappa shape index (κ2) is 7.35. The average Bonchev–Trinajstić information content (AvgIpc) is 2.73. The Balaban J connectivity index is 2.69. The molecular weight excluding hydrogens is 282 g/mol. The van der Waals surface area contributed by atoms with Gasteiger partial charge < -0.3 is 10.2 Å². The van der Waals surface area contributed by atoms with E-state index in [1.54, 1.807) is 6.07 Å². The van der Waals surface area contributed by atoms with Gasteiger partial charge in [0.15, 0.2) is 0 Å². The molecule has 0 fully saturated rings. The second-order valence-corrected chi connectivity index (χ2v) is 7.69. The summed E-state index contributed by atoms with van der Waals surface area (Å²) in [6, 6.07) is 1.62. The van der Waals surface area contributed by atoms with E-state index in [1.807, 2.05) is 38.2 Å². The Bertz CT molecular complexity index is 483. The van der Waals surface area contributed by atoms with Crippen LogP contribution in [-0.4, -0.2) is 46.5 Å². The number of hydrogen-bond donors (Lipinski definition) is 2. The van der Waals surface area contributed by atoms with E-state index in [2.05, 4.69) is 10.0 Å². The first-order valence-electron chi connectivity index (χ1n) is 6.30. The molecule has 1 rings (SSSR count). The van der Waals surface area contributed by atoms with Gasteiger partial charge >= 0.3 is 0 Å². The SMILES string of the molecule is CCNCc1csc(S(=O)(=O)NC(C)CN(C)C)c1. The van der Waals surface area contributed by atoms with Crippen LogP contribution in [0.1, 0.15) is 19.4 Å². The fourth-order valence-corrected chi connectivity index (χ4v) is 4.22. The molecule has 0 saturated heterocycles. The summed E-state index contributed by atoms with van der Waals surface area (Å²) >= 11 is 1.26. The van der Waals surface area contributed by atoms with Crippen molar-refractivity contribution < 1.29 is 8.42 Å². The summed E-state index contributed by atoms with van der Waals surface area (Å²) in [5.74, 6) is 0. The van der Waals surface area contributed by atoms with Crippen molar-refractivity contribution in [1.29, 1.82) is 0 Å². The lowest BCUT2D eigenvalue weighted by atomic mass is 10.3. The molecule has 5 nitrogen and oxygen atoms in total. The molecule has 110 valence electrons. The fourth-order valence-electron chi connectivity index (χ4n) is 1.76. The zero-order valence-electron chi connectivity index (χ0n) is 11.9. The number of nitrogens with zero attached hydrogens (tertiary/aromatic N) is 1. The maximum Gasteiger partial charge on any atom is 0.250 e. The monoisotopic (exact) mass is 305 g/mol. The van der Waals surface area contributed by atoms with Crippen molar-refractivity contribution >= 4 is 21.4 Å². The Labute approximate surface area is 120 Å². The van der Waals surface area contributed by atoms with Crippen LogP contribution < -0.4 is 10.0 Å². The van der Waals surface area contributed by atoms with Crippen molar-refractivity contribution in [1.82, 2.24) is 14.9 Å². The van der Waals surface area contributed by atoms with Crippen LogP contribution in [0.4, 0.5) is 0 Å². The number of rotatable bonds is 8. The molecule has 0 radical (unpaired) electrons. The Hall–Kier alpha value is -0.470. The third-order valence-corrected chi connectivity index (χ3v) is 5.55. The molecule has 0 aliphatic heterocycles. The summed E-state index contributed by atoms with van der Waals surface area (Å²) in [6.07, 6.45) is 0. The van der Waals surface area contributed by atoms with E-state index in [9.17, 15) is 8.42 Å². The minimum atomic E-state index is -3.40. The molecule has 2 N–H and O–H groups in total. The highest BCUT2D eigenvalue weighted by atomic mass is 32.2. The number of thiophene rings is 1.